The average molecular weight is 433 g/mol. The van der Waals surface area contributed by atoms with Crippen LogP contribution in [-0.2, 0) is 16.0 Å². The number of aromatic nitrogens is 1. The lowest BCUT2D eigenvalue weighted by molar-refractivity contribution is 0.0367. The van der Waals surface area contributed by atoms with E-state index in [2.05, 4.69) is 33.1 Å². The van der Waals surface area contributed by atoms with Crippen molar-refractivity contribution in [3.8, 4) is 0 Å². The Morgan fingerprint density at radius 1 is 1.33 bits per heavy atom. The number of nitrogens with one attached hydrogen (secondary N) is 2. The maximum atomic E-state index is 12.7. The SMILES string of the molecule is COCCNC(=S)N(CCCN1CCOCC1)Cc1cc2cc(C)ccc2[nH]c1=O. The molecule has 0 atom stereocenters. The second-order valence-corrected chi connectivity index (χ2v) is 8.05. The van der Waals surface area contributed by atoms with Crippen LogP contribution in [0.2, 0.25) is 0 Å². The van der Waals surface area contributed by atoms with Gasteiger partial charge in [-0.05, 0) is 49.1 Å². The van der Waals surface area contributed by atoms with Crippen molar-refractivity contribution >= 4 is 28.2 Å². The fourth-order valence-electron chi connectivity index (χ4n) is 3.63. The number of rotatable bonds is 9. The molecule has 2 heterocycles. The molecule has 30 heavy (non-hydrogen) atoms. The van der Waals surface area contributed by atoms with E-state index in [9.17, 15) is 4.79 Å². The minimum atomic E-state index is -0.0655. The zero-order valence-corrected chi connectivity index (χ0v) is 18.7. The highest BCUT2D eigenvalue weighted by molar-refractivity contribution is 7.80. The first kappa shape index (κ1) is 22.7. The monoisotopic (exact) mass is 432 g/mol. The van der Waals surface area contributed by atoms with Crippen LogP contribution in [0.25, 0.3) is 10.9 Å². The predicted octanol–water partition coefficient (Wildman–Crippen LogP) is 1.88. The van der Waals surface area contributed by atoms with Crippen LogP contribution < -0.4 is 10.9 Å². The van der Waals surface area contributed by atoms with Gasteiger partial charge < -0.3 is 24.7 Å². The largest absolute Gasteiger partial charge is 0.383 e. The lowest BCUT2D eigenvalue weighted by Crippen LogP contribution is -2.43. The zero-order valence-electron chi connectivity index (χ0n) is 17.9. The van der Waals surface area contributed by atoms with Crippen molar-refractivity contribution < 1.29 is 9.47 Å². The summed E-state index contributed by atoms with van der Waals surface area (Å²) < 4.78 is 10.5. The molecule has 0 unspecified atom stereocenters. The first-order valence-electron chi connectivity index (χ1n) is 10.5. The Balaban J connectivity index is 1.70. The number of nitrogens with zero attached hydrogens (tertiary/aromatic N) is 2. The fourth-order valence-corrected chi connectivity index (χ4v) is 3.89. The van der Waals surface area contributed by atoms with Crippen molar-refractivity contribution in [2.24, 2.45) is 0 Å². The highest BCUT2D eigenvalue weighted by Crippen LogP contribution is 2.14. The van der Waals surface area contributed by atoms with Gasteiger partial charge in [-0.15, -0.1) is 0 Å². The molecule has 0 radical (unpaired) electrons. The second-order valence-electron chi connectivity index (χ2n) is 7.67. The summed E-state index contributed by atoms with van der Waals surface area (Å²) in [5.74, 6) is 0. The predicted molar refractivity (Wildman–Crippen MR) is 124 cm³/mol. The highest BCUT2D eigenvalue weighted by atomic mass is 32.1. The molecule has 0 bridgehead atoms. The number of ether oxygens (including phenoxy) is 2. The van der Waals surface area contributed by atoms with Gasteiger partial charge in [0.05, 0.1) is 26.4 Å². The number of hydrogen-bond acceptors (Lipinski definition) is 5. The smallest absolute Gasteiger partial charge is 0.253 e. The van der Waals surface area contributed by atoms with Gasteiger partial charge in [0, 0.05) is 50.9 Å². The number of aromatic amines is 1. The Labute approximate surface area is 183 Å². The molecule has 1 saturated heterocycles. The van der Waals surface area contributed by atoms with Gasteiger partial charge in [0.25, 0.3) is 5.56 Å². The number of hydrogen-bond donors (Lipinski definition) is 2. The molecular weight excluding hydrogens is 400 g/mol. The van der Waals surface area contributed by atoms with E-state index in [1.807, 2.05) is 18.2 Å². The van der Waals surface area contributed by atoms with E-state index in [-0.39, 0.29) is 5.56 Å². The third kappa shape index (κ3) is 6.50. The molecule has 0 spiro atoms. The Kier molecular flexibility index (Phi) is 8.62. The van der Waals surface area contributed by atoms with Crippen molar-refractivity contribution in [3.05, 3.63) is 45.7 Å². The number of aryl methyl sites for hydroxylation is 1. The van der Waals surface area contributed by atoms with Crippen LogP contribution in [-0.4, -0.2) is 79.6 Å². The van der Waals surface area contributed by atoms with Gasteiger partial charge >= 0.3 is 0 Å². The van der Waals surface area contributed by atoms with E-state index in [4.69, 9.17) is 21.7 Å². The molecule has 1 aromatic carbocycles. The van der Waals surface area contributed by atoms with Crippen molar-refractivity contribution in [2.45, 2.75) is 19.9 Å². The third-order valence-electron chi connectivity index (χ3n) is 5.31. The van der Waals surface area contributed by atoms with E-state index in [0.717, 1.165) is 62.3 Å². The molecule has 2 N–H and O–H groups in total. The van der Waals surface area contributed by atoms with Crippen LogP contribution in [0.15, 0.2) is 29.1 Å². The van der Waals surface area contributed by atoms with E-state index in [1.165, 1.54) is 5.56 Å². The quantitative estimate of drug-likeness (QED) is 0.463. The molecule has 0 saturated carbocycles. The summed E-state index contributed by atoms with van der Waals surface area (Å²) in [7, 11) is 1.67. The first-order chi connectivity index (χ1) is 14.6. The molecule has 1 aliphatic heterocycles. The Bertz CT molecular complexity index is 896. The molecule has 2 aromatic rings. The van der Waals surface area contributed by atoms with E-state index in [1.54, 1.807) is 7.11 Å². The summed E-state index contributed by atoms with van der Waals surface area (Å²) in [6, 6.07) is 8.03. The van der Waals surface area contributed by atoms with Crippen LogP contribution in [0.1, 0.15) is 17.5 Å². The molecule has 1 fully saturated rings. The van der Waals surface area contributed by atoms with Gasteiger partial charge in [-0.2, -0.15) is 0 Å². The summed E-state index contributed by atoms with van der Waals surface area (Å²) in [4.78, 5) is 20.2. The van der Waals surface area contributed by atoms with E-state index < -0.39 is 0 Å². The number of thiocarbonyl (C=S) groups is 1. The van der Waals surface area contributed by atoms with Crippen LogP contribution in [0.5, 0.6) is 0 Å². The molecule has 1 aromatic heterocycles. The van der Waals surface area contributed by atoms with E-state index >= 15 is 0 Å². The lowest BCUT2D eigenvalue weighted by Gasteiger charge is -2.29. The molecule has 1 aliphatic rings. The maximum Gasteiger partial charge on any atom is 0.253 e. The molecule has 8 heteroatoms. The summed E-state index contributed by atoms with van der Waals surface area (Å²) in [5, 5.41) is 4.93. The van der Waals surface area contributed by atoms with Crippen molar-refractivity contribution in [1.82, 2.24) is 20.1 Å². The second kappa shape index (κ2) is 11.4. The fraction of sp³-hybridized carbons (Fsp3) is 0.545. The number of pyridine rings is 1. The molecule has 164 valence electrons. The summed E-state index contributed by atoms with van der Waals surface area (Å²) in [5.41, 5.74) is 2.67. The Morgan fingerprint density at radius 3 is 2.90 bits per heavy atom. The number of methoxy groups -OCH3 is 1. The lowest BCUT2D eigenvalue weighted by atomic mass is 10.1. The minimum Gasteiger partial charge on any atom is -0.383 e. The summed E-state index contributed by atoms with van der Waals surface area (Å²) >= 11 is 5.63. The van der Waals surface area contributed by atoms with Crippen LogP contribution in [0, 0.1) is 6.92 Å². The molecule has 0 aliphatic carbocycles. The summed E-state index contributed by atoms with van der Waals surface area (Å²) in [6.45, 7) is 9.06. The van der Waals surface area contributed by atoms with Gasteiger partial charge in [-0.3, -0.25) is 9.69 Å². The van der Waals surface area contributed by atoms with Crippen LogP contribution in [0.4, 0.5) is 0 Å². The van der Waals surface area contributed by atoms with Crippen molar-refractivity contribution in [2.75, 3.05) is 59.7 Å². The standard InChI is InChI=1S/C22H32N4O3S/c1-17-4-5-20-18(14-17)15-19(21(27)24-20)16-26(22(30)23-6-11-28-2)8-3-7-25-9-12-29-13-10-25/h4-5,14-15H,3,6-13,16H2,1-2H3,(H,23,30)(H,24,27). The maximum absolute atomic E-state index is 12.7. The third-order valence-corrected chi connectivity index (χ3v) is 5.72. The van der Waals surface area contributed by atoms with Crippen LogP contribution >= 0.6 is 12.2 Å². The molecule has 7 nitrogen and oxygen atoms in total. The summed E-state index contributed by atoms with van der Waals surface area (Å²) in [6.07, 6.45) is 0.969. The van der Waals surface area contributed by atoms with Crippen molar-refractivity contribution in [3.63, 3.8) is 0 Å². The normalized spacial score (nSPS) is 14.7. The van der Waals surface area contributed by atoms with Gasteiger partial charge in [0.2, 0.25) is 0 Å². The molecule has 0 amide bonds. The number of fused-ring (bicyclic) bond motifs is 1. The van der Waals surface area contributed by atoms with Crippen molar-refractivity contribution in [1.29, 1.82) is 0 Å². The number of H-pyrrole nitrogens is 1. The Morgan fingerprint density at radius 2 is 2.13 bits per heavy atom. The topological polar surface area (TPSA) is 69.8 Å². The van der Waals surface area contributed by atoms with E-state index in [0.29, 0.717) is 24.8 Å². The minimum absolute atomic E-state index is 0.0655. The zero-order chi connectivity index (χ0) is 21.3. The van der Waals surface area contributed by atoms with Gasteiger partial charge in [0.1, 0.15) is 0 Å². The number of morpholine rings is 1. The first-order valence-corrected chi connectivity index (χ1v) is 10.9. The number of benzene rings is 1. The molecular formula is C22H32N4O3S. The van der Waals surface area contributed by atoms with Crippen LogP contribution in [0.3, 0.4) is 0 Å². The van der Waals surface area contributed by atoms with Gasteiger partial charge in [0.15, 0.2) is 5.11 Å². The highest BCUT2D eigenvalue weighted by Gasteiger charge is 2.15. The van der Waals surface area contributed by atoms with Gasteiger partial charge in [-0.1, -0.05) is 11.6 Å². The van der Waals surface area contributed by atoms with Gasteiger partial charge in [-0.25, -0.2) is 0 Å². The average Bonchev–Trinajstić information content (AvgIpc) is 2.74. The Hall–Kier alpha value is -2.00. The molecule has 3 rings (SSSR count).